The summed E-state index contributed by atoms with van der Waals surface area (Å²) in [5, 5.41) is 201. The molecular formula is C57H80O34. The van der Waals surface area contributed by atoms with Crippen molar-refractivity contribution in [1.29, 1.82) is 0 Å². The van der Waals surface area contributed by atoms with E-state index in [4.69, 9.17) is 66.3 Å². The maximum Gasteiger partial charge on any atom is 0.311 e. The molecule has 34 heteroatoms. The zero-order valence-corrected chi connectivity index (χ0v) is 48.8. The fourth-order valence-corrected chi connectivity index (χ4v) is 11.7. The third-order valence-electron chi connectivity index (χ3n) is 16.6. The van der Waals surface area contributed by atoms with Crippen LogP contribution in [0.2, 0.25) is 0 Å². The maximum atomic E-state index is 13.5. The van der Waals surface area contributed by atoms with Gasteiger partial charge in [0.25, 0.3) is 0 Å². The first-order chi connectivity index (χ1) is 43.4. The largest absolute Gasteiger partial charge is 0.507 e. The van der Waals surface area contributed by atoms with Crippen LogP contribution in [0, 0.1) is 0 Å². The Labute approximate surface area is 517 Å². The first-order valence-corrected chi connectivity index (χ1v) is 29.4. The third kappa shape index (κ3) is 15.5. The number of rotatable bonds is 14. The van der Waals surface area contributed by atoms with Crippen LogP contribution in [0.4, 0.5) is 0 Å². The maximum absolute atomic E-state index is 13.5. The number of aromatic hydroxyl groups is 1. The lowest BCUT2D eigenvalue weighted by Gasteiger charge is -2.50. The van der Waals surface area contributed by atoms with Crippen molar-refractivity contribution in [2.45, 2.75) is 217 Å². The van der Waals surface area contributed by atoms with Gasteiger partial charge in [-0.3, -0.25) is 9.59 Å². The van der Waals surface area contributed by atoms with Crippen molar-refractivity contribution in [3.05, 3.63) is 59.2 Å². The lowest BCUT2D eigenvalue weighted by Crippen LogP contribution is -2.69. The van der Waals surface area contributed by atoms with Crippen LogP contribution in [-0.2, 0) is 71.2 Å². The standard InChI is InChI=1S/C57H80O34/c1-20(2)33-23(63)12-22(9-8-21-6-4-3-5-7-21)13-24(33)79-32(65)11-10-31(64)78-19-30-51-39(71)45(77)57(85-30)90-50-29(18-62)83-55(43(75)37(50)69)88-48-27(16-60)81-53(41(73)35(48)67)86-46-25(14-58)80-52(40(72)34(46)66)87-47-26(15-59)82-54(42(74)36(47)68)89-49-28(17-61)84-56(91-51)44(76)38(49)70/h3-9,12-13,20,25-30,34-63,66-77H,10-11,14-19H2,1-2H3/b9-8+. The van der Waals surface area contributed by atoms with E-state index >= 15 is 0 Å². The zero-order chi connectivity index (χ0) is 65.9. The Hall–Kier alpha value is -4.24. The van der Waals surface area contributed by atoms with Gasteiger partial charge in [-0.05, 0) is 29.2 Å². The number of esters is 2. The van der Waals surface area contributed by atoms with Gasteiger partial charge < -0.3 is 158 Å². The van der Waals surface area contributed by atoms with E-state index < -0.39 is 249 Å². The van der Waals surface area contributed by atoms with Crippen molar-refractivity contribution in [2.24, 2.45) is 0 Å². The number of hydrogen-bond acceptors (Lipinski definition) is 34. The van der Waals surface area contributed by atoms with Crippen molar-refractivity contribution in [1.82, 2.24) is 0 Å². The summed E-state index contributed by atoms with van der Waals surface area (Å²) in [7, 11) is 0. The number of aliphatic hydroxyl groups is 17. The summed E-state index contributed by atoms with van der Waals surface area (Å²) in [5.41, 5.74) is 1.61. The van der Waals surface area contributed by atoms with E-state index in [1.54, 1.807) is 26.0 Å². The number of benzene rings is 2. The highest BCUT2D eigenvalue weighted by molar-refractivity contribution is 5.80. The Balaban J connectivity index is 0.971. The highest BCUT2D eigenvalue weighted by atomic mass is 16.8. The zero-order valence-electron chi connectivity index (χ0n) is 48.8. The molecule has 0 spiro atoms. The van der Waals surface area contributed by atoms with E-state index in [1.165, 1.54) is 12.1 Å². The van der Waals surface area contributed by atoms with Crippen LogP contribution in [0.25, 0.3) is 12.2 Å². The second kappa shape index (κ2) is 31.1. The Morgan fingerprint density at radius 1 is 0.407 bits per heavy atom. The lowest BCUT2D eigenvalue weighted by molar-refractivity contribution is -0.404. The third-order valence-corrected chi connectivity index (χ3v) is 16.6. The van der Waals surface area contributed by atoms with Gasteiger partial charge in [-0.25, -0.2) is 0 Å². The van der Waals surface area contributed by atoms with E-state index in [1.807, 2.05) is 30.3 Å². The predicted molar refractivity (Wildman–Crippen MR) is 292 cm³/mol. The molecule has 91 heavy (non-hydrogen) atoms. The SMILES string of the molecule is CC(C)c1c(O)cc(/C=C/c2ccccc2)cc1OC(=O)CCC(=O)OCC1OC2OC3C(CO)OC(OC4C(CO)OC(OC5C(CO)OC(OC6C(CO)OC(OC7C(CO)OC(OC1C(O)C2O)C(O)C7O)C(O)C6O)C(O)C5O)C(O)C4O)C(O)C3O. The number of carbonyl (C=O) groups is 2. The molecule has 30 atom stereocenters. The van der Waals surface area contributed by atoms with Crippen LogP contribution >= 0.6 is 0 Å². The van der Waals surface area contributed by atoms with Crippen LogP contribution in [-0.4, -0.2) is 328 Å². The predicted octanol–water partition coefficient (Wildman–Crippen LogP) is -8.12. The molecule has 22 heterocycles. The van der Waals surface area contributed by atoms with Crippen molar-refractivity contribution in [3.8, 4) is 11.5 Å². The highest BCUT2D eigenvalue weighted by Crippen LogP contribution is 2.40. The number of aliphatic hydroxyl groups excluding tert-OH is 17. The molecule has 0 radical (unpaired) electrons. The summed E-state index contributed by atoms with van der Waals surface area (Å²) in [4.78, 5) is 26.9. The molecule has 18 N–H and O–H groups in total. The molecule has 22 saturated heterocycles. The minimum absolute atomic E-state index is 0.00258. The molecule has 0 aromatic heterocycles. The quantitative estimate of drug-likeness (QED) is 0.0474. The smallest absolute Gasteiger partial charge is 0.311 e. The van der Waals surface area contributed by atoms with E-state index in [0.29, 0.717) is 11.1 Å². The van der Waals surface area contributed by atoms with Crippen molar-refractivity contribution in [2.75, 3.05) is 39.6 Å². The average molecular weight is 1310 g/mol. The van der Waals surface area contributed by atoms with Crippen LogP contribution in [0.3, 0.4) is 0 Å². The normalized spacial score (nSPS) is 43.3. The molecule has 2 aromatic carbocycles. The highest BCUT2D eigenvalue weighted by Gasteiger charge is 2.59. The second-order valence-corrected chi connectivity index (χ2v) is 23.2. The van der Waals surface area contributed by atoms with Crippen LogP contribution < -0.4 is 4.74 Å². The fraction of sp³-hybridized carbons (Fsp3) is 0.719. The van der Waals surface area contributed by atoms with Gasteiger partial charge in [-0.2, -0.15) is 0 Å². The van der Waals surface area contributed by atoms with Gasteiger partial charge >= 0.3 is 11.9 Å². The Kier molecular flexibility index (Phi) is 24.3. The summed E-state index contributed by atoms with van der Waals surface area (Å²) in [6, 6.07) is 12.2. The van der Waals surface area contributed by atoms with Gasteiger partial charge in [0.05, 0.1) is 45.9 Å². The monoisotopic (exact) mass is 1310 g/mol. The average Bonchev–Trinajstić information content (AvgIpc) is 1.64. The molecule has 22 aliphatic rings. The first-order valence-electron chi connectivity index (χ1n) is 29.4. The number of carbonyl (C=O) groups excluding carboxylic acids is 2. The van der Waals surface area contributed by atoms with Gasteiger partial charge in [-0.1, -0.05) is 56.3 Å². The van der Waals surface area contributed by atoms with Crippen molar-refractivity contribution in [3.63, 3.8) is 0 Å². The van der Waals surface area contributed by atoms with Crippen LogP contribution in [0.1, 0.15) is 49.3 Å². The summed E-state index contributed by atoms with van der Waals surface area (Å²) in [6.45, 7) is -2.77. The first kappa shape index (κ1) is 71.1. The molecule has 12 bridgehead atoms. The van der Waals surface area contributed by atoms with Gasteiger partial charge in [0.2, 0.25) is 0 Å². The Morgan fingerprint density at radius 2 is 0.703 bits per heavy atom. The molecule has 0 amide bonds. The molecule has 24 rings (SSSR count). The molecular weight excluding hydrogens is 1230 g/mol. The van der Waals surface area contributed by atoms with E-state index in [9.17, 15) is 102 Å². The number of ether oxygens (including phenoxy) is 14. The molecule has 34 nitrogen and oxygen atoms in total. The summed E-state index contributed by atoms with van der Waals surface area (Å²) in [6.07, 6.45) is -59.3. The van der Waals surface area contributed by atoms with E-state index in [-0.39, 0.29) is 17.4 Å². The van der Waals surface area contributed by atoms with Crippen LogP contribution in [0.5, 0.6) is 11.5 Å². The number of phenols is 1. The molecule has 30 unspecified atom stereocenters. The molecule has 0 saturated carbocycles. The lowest BCUT2D eigenvalue weighted by atomic mass is 9.94. The minimum Gasteiger partial charge on any atom is -0.507 e. The van der Waals surface area contributed by atoms with Gasteiger partial charge in [0.1, 0.15) is 165 Å². The van der Waals surface area contributed by atoms with Gasteiger partial charge in [-0.15, -0.1) is 0 Å². The van der Waals surface area contributed by atoms with Gasteiger partial charge in [0, 0.05) is 5.56 Å². The topological polar surface area (TPSA) is 528 Å². The second-order valence-electron chi connectivity index (χ2n) is 23.2. The Bertz CT molecular complexity index is 2680. The molecule has 22 aliphatic heterocycles. The number of phenolic OH excluding ortho intramolecular Hbond substituents is 1. The minimum atomic E-state index is -2.30. The van der Waals surface area contributed by atoms with Crippen molar-refractivity contribution >= 4 is 24.1 Å². The number of hydrogen-bond donors (Lipinski definition) is 18. The summed E-state index contributed by atoms with van der Waals surface area (Å²) >= 11 is 0. The molecule has 22 fully saturated rings. The van der Waals surface area contributed by atoms with Crippen molar-refractivity contribution < 1.29 is 168 Å². The van der Waals surface area contributed by atoms with Gasteiger partial charge in [0.15, 0.2) is 37.7 Å². The molecule has 2 aromatic rings. The van der Waals surface area contributed by atoms with E-state index in [2.05, 4.69) is 0 Å². The fourth-order valence-electron chi connectivity index (χ4n) is 11.7. The summed E-state index contributed by atoms with van der Waals surface area (Å²) in [5.74, 6) is -2.56. The molecule has 512 valence electrons. The Morgan fingerprint density at radius 3 is 1.02 bits per heavy atom. The molecule has 0 aliphatic carbocycles. The van der Waals surface area contributed by atoms with Crippen LogP contribution in [0.15, 0.2) is 42.5 Å². The summed E-state index contributed by atoms with van der Waals surface area (Å²) < 4.78 is 80.6. The van der Waals surface area contributed by atoms with E-state index in [0.717, 1.165) is 5.56 Å².